The van der Waals surface area contributed by atoms with Gasteiger partial charge in [0.2, 0.25) is 0 Å². The van der Waals surface area contributed by atoms with Gasteiger partial charge in [0.05, 0.1) is 0 Å². The zero-order valence-electron chi connectivity index (χ0n) is 15.8. The molecule has 22 heavy (non-hydrogen) atoms. The maximum atomic E-state index is 6.20. The van der Waals surface area contributed by atoms with Gasteiger partial charge >= 0.3 is 17.8 Å². The lowest BCUT2D eigenvalue weighted by atomic mass is 10.4. The fraction of sp³-hybridized carbons (Fsp3) is 1.00. The van der Waals surface area contributed by atoms with Crippen molar-refractivity contribution in [3.8, 4) is 0 Å². The predicted molar refractivity (Wildman–Crippen MR) is 97.7 cm³/mol. The Balaban J connectivity index is 4.69. The van der Waals surface area contributed by atoms with Gasteiger partial charge in [-0.2, -0.15) is 0 Å². The summed E-state index contributed by atoms with van der Waals surface area (Å²) in [5.74, 6) is 0. The van der Waals surface area contributed by atoms with Gasteiger partial charge in [-0.1, -0.05) is 26.7 Å². The van der Waals surface area contributed by atoms with Gasteiger partial charge in [0.25, 0.3) is 0 Å². The van der Waals surface area contributed by atoms with Gasteiger partial charge in [-0.05, 0) is 47.1 Å². The molecule has 6 heteroatoms. The summed E-state index contributed by atoms with van der Waals surface area (Å²) in [4.78, 5) is 0. The minimum Gasteiger partial charge on any atom is -0.394 e. The monoisotopic (exact) mass is 350 g/mol. The zero-order valence-corrected chi connectivity index (χ0v) is 18.0. The van der Waals surface area contributed by atoms with Crippen LogP contribution in [0.15, 0.2) is 0 Å². The Labute approximate surface area is 141 Å². The van der Waals surface area contributed by atoms with Crippen LogP contribution in [0, 0.1) is 0 Å². The normalized spacial score (nSPS) is 12.8. The van der Waals surface area contributed by atoms with E-state index in [1.807, 2.05) is 0 Å². The molecule has 0 N–H and O–H groups in total. The van der Waals surface area contributed by atoms with Crippen LogP contribution in [0.3, 0.4) is 0 Å². The van der Waals surface area contributed by atoms with Crippen LogP contribution in [0.5, 0.6) is 0 Å². The molecule has 0 aliphatic carbocycles. The van der Waals surface area contributed by atoms with Crippen molar-refractivity contribution in [2.75, 3.05) is 13.2 Å². The largest absolute Gasteiger partial charge is 0.394 e. The van der Waals surface area contributed by atoms with Crippen molar-refractivity contribution < 1.29 is 17.7 Å². The third-order valence-corrected chi connectivity index (χ3v) is 10.8. The Morgan fingerprint density at radius 1 is 0.818 bits per heavy atom. The first-order valence-electron chi connectivity index (χ1n) is 8.91. The van der Waals surface area contributed by atoms with E-state index in [1.165, 1.54) is 0 Å². The lowest BCUT2D eigenvalue weighted by molar-refractivity contribution is 0.124. The maximum absolute atomic E-state index is 6.20. The van der Waals surface area contributed by atoms with Crippen LogP contribution in [0.25, 0.3) is 0 Å². The lowest BCUT2D eigenvalue weighted by Crippen LogP contribution is -2.46. The first-order valence-corrected chi connectivity index (χ1v) is 13.2. The van der Waals surface area contributed by atoms with Gasteiger partial charge < -0.3 is 17.7 Å². The first kappa shape index (κ1) is 22.3. The molecule has 0 rings (SSSR count). The Morgan fingerprint density at radius 3 is 1.55 bits per heavy atom. The topological polar surface area (TPSA) is 36.9 Å². The van der Waals surface area contributed by atoms with Crippen molar-refractivity contribution in [2.24, 2.45) is 0 Å². The Kier molecular flexibility index (Phi) is 12.8. The number of rotatable bonds is 14. The Morgan fingerprint density at radius 2 is 1.23 bits per heavy atom. The summed E-state index contributed by atoms with van der Waals surface area (Å²) in [6.45, 7) is 16.4. The summed E-state index contributed by atoms with van der Waals surface area (Å²) in [5.41, 5.74) is 0.858. The highest BCUT2D eigenvalue weighted by Crippen LogP contribution is 2.20. The van der Waals surface area contributed by atoms with Crippen LogP contribution in [0.1, 0.15) is 67.2 Å². The van der Waals surface area contributed by atoms with Gasteiger partial charge in [0.15, 0.2) is 0 Å². The molecular weight excluding hydrogens is 312 g/mol. The molecule has 0 aromatic carbocycles. The van der Waals surface area contributed by atoms with Crippen LogP contribution >= 0.6 is 0 Å². The summed E-state index contributed by atoms with van der Waals surface area (Å²) in [7, 11) is -3.97. The van der Waals surface area contributed by atoms with Crippen LogP contribution in [-0.4, -0.2) is 43.3 Å². The molecule has 0 aliphatic heterocycles. The summed E-state index contributed by atoms with van der Waals surface area (Å²) >= 11 is 0. The second-order valence-corrected chi connectivity index (χ2v) is 12.4. The molecule has 0 bridgehead atoms. The van der Waals surface area contributed by atoms with E-state index in [9.17, 15) is 0 Å². The fourth-order valence-electron chi connectivity index (χ4n) is 2.06. The molecule has 0 heterocycles. The van der Waals surface area contributed by atoms with Gasteiger partial charge in [-0.25, -0.2) is 0 Å². The maximum Gasteiger partial charge on any atom is 0.336 e. The summed E-state index contributed by atoms with van der Waals surface area (Å²) in [6, 6.07) is 0. The smallest absolute Gasteiger partial charge is 0.336 e. The molecule has 4 nitrogen and oxygen atoms in total. The summed E-state index contributed by atoms with van der Waals surface area (Å²) in [6.07, 6.45) is 4.85. The highest BCUT2D eigenvalue weighted by atomic mass is 28.4. The van der Waals surface area contributed by atoms with Gasteiger partial charge in [-0.15, -0.1) is 0 Å². The minimum atomic E-state index is -2.21. The molecule has 134 valence electrons. The number of unbranched alkanes of at least 4 members (excludes halogenated alkanes) is 2. The van der Waals surface area contributed by atoms with Crippen LogP contribution in [0.2, 0.25) is 12.2 Å². The van der Waals surface area contributed by atoms with Crippen molar-refractivity contribution in [1.82, 2.24) is 0 Å². The van der Waals surface area contributed by atoms with Crippen LogP contribution in [-0.2, 0) is 17.7 Å². The highest BCUT2D eigenvalue weighted by Gasteiger charge is 2.38. The van der Waals surface area contributed by atoms with Gasteiger partial charge in [0.1, 0.15) is 0 Å². The summed E-state index contributed by atoms with van der Waals surface area (Å²) in [5, 5.41) is 0. The summed E-state index contributed by atoms with van der Waals surface area (Å²) < 4.78 is 24.5. The van der Waals surface area contributed by atoms with E-state index >= 15 is 0 Å². The number of hydrogen-bond donors (Lipinski definition) is 0. The Bertz CT molecular complexity index is 243. The first-order chi connectivity index (χ1) is 10.3. The van der Waals surface area contributed by atoms with Crippen LogP contribution < -0.4 is 0 Å². The molecule has 0 radical (unpaired) electrons. The highest BCUT2D eigenvalue weighted by molar-refractivity contribution is 6.77. The van der Waals surface area contributed by atoms with Crippen molar-refractivity contribution in [3.63, 3.8) is 0 Å². The zero-order chi connectivity index (χ0) is 17.0. The van der Waals surface area contributed by atoms with E-state index in [-0.39, 0.29) is 12.2 Å². The third kappa shape index (κ3) is 11.8. The van der Waals surface area contributed by atoms with Crippen molar-refractivity contribution in [1.29, 1.82) is 0 Å². The molecule has 0 atom stereocenters. The standard InChI is InChI=1S/C16H38O4Si2/c1-8-10-12-17-22(7,18-13-11-9-2)14-21(19-15(3)4)20-16(5)6/h15-16,21H,8-14H2,1-7H3. The molecule has 0 unspecified atom stereocenters. The molecule has 0 spiro atoms. The lowest BCUT2D eigenvalue weighted by Gasteiger charge is -2.31. The fourth-order valence-corrected chi connectivity index (χ4v) is 8.71. The van der Waals surface area contributed by atoms with Gasteiger partial charge in [-0.3, -0.25) is 0 Å². The van der Waals surface area contributed by atoms with E-state index in [4.69, 9.17) is 17.7 Å². The van der Waals surface area contributed by atoms with E-state index in [1.54, 1.807) is 0 Å². The third-order valence-electron chi connectivity index (χ3n) is 3.20. The molecule has 0 aromatic heterocycles. The predicted octanol–water partition coefficient (Wildman–Crippen LogP) is 4.30. The molecular formula is C16H38O4Si2. The molecule has 0 fully saturated rings. The van der Waals surface area contributed by atoms with Crippen molar-refractivity contribution in [2.45, 2.75) is 91.6 Å². The van der Waals surface area contributed by atoms with E-state index in [2.05, 4.69) is 48.1 Å². The Hall–Kier alpha value is 0.274. The van der Waals surface area contributed by atoms with Gasteiger partial charge in [0, 0.05) is 31.1 Å². The average molecular weight is 351 g/mol. The second-order valence-electron chi connectivity index (χ2n) is 6.54. The molecule has 0 saturated heterocycles. The van der Waals surface area contributed by atoms with Crippen molar-refractivity contribution in [3.05, 3.63) is 0 Å². The van der Waals surface area contributed by atoms with E-state index < -0.39 is 17.8 Å². The SMILES string of the molecule is CCCCO[Si](C)(C[SiH](OC(C)C)OC(C)C)OCCCC. The number of hydrogen-bond acceptors (Lipinski definition) is 4. The quantitative estimate of drug-likeness (QED) is 0.346. The molecule has 0 aliphatic rings. The van der Waals surface area contributed by atoms with Crippen molar-refractivity contribution >= 4 is 17.8 Å². The second kappa shape index (κ2) is 12.7. The molecule has 0 aromatic rings. The minimum absolute atomic E-state index is 0.194. The van der Waals surface area contributed by atoms with E-state index in [0.29, 0.717) is 0 Å². The average Bonchev–Trinajstić information content (AvgIpc) is 2.37. The van der Waals surface area contributed by atoms with Crippen LogP contribution in [0.4, 0.5) is 0 Å². The molecule has 0 amide bonds. The molecule has 0 saturated carbocycles. The van der Waals surface area contributed by atoms with E-state index in [0.717, 1.165) is 44.6 Å².